The Morgan fingerprint density at radius 2 is 2.47 bits per heavy atom. The minimum Gasteiger partial charge on any atom is -0.307 e. The van der Waals surface area contributed by atoms with Gasteiger partial charge in [0.05, 0.1) is 5.69 Å². The molecule has 0 fully saturated rings. The summed E-state index contributed by atoms with van der Waals surface area (Å²) in [5, 5.41) is 3.32. The van der Waals surface area contributed by atoms with Gasteiger partial charge >= 0.3 is 0 Å². The Morgan fingerprint density at radius 1 is 1.60 bits per heavy atom. The molecule has 0 bridgehead atoms. The van der Waals surface area contributed by atoms with E-state index in [1.807, 2.05) is 41.1 Å². The molecule has 15 heavy (non-hydrogen) atoms. The number of hydrogen-bond acceptors (Lipinski definition) is 2. The molecule has 1 atom stereocenters. The lowest BCUT2D eigenvalue weighted by Crippen LogP contribution is -2.22. The molecule has 2 aromatic heterocycles. The highest BCUT2D eigenvalue weighted by atomic mass is 15.0. The van der Waals surface area contributed by atoms with Gasteiger partial charge in [-0.25, -0.2) is 4.98 Å². The Labute approximate surface area is 89.5 Å². The number of aromatic nitrogens is 2. The second-order valence-corrected chi connectivity index (χ2v) is 3.60. The number of rotatable bonds is 4. The number of imidazole rings is 1. The Balaban J connectivity index is 2.12. The van der Waals surface area contributed by atoms with Crippen molar-refractivity contribution in [3.05, 3.63) is 48.9 Å². The summed E-state index contributed by atoms with van der Waals surface area (Å²) in [6.45, 7) is 6.57. The summed E-state index contributed by atoms with van der Waals surface area (Å²) >= 11 is 0. The monoisotopic (exact) mass is 201 g/mol. The quantitative estimate of drug-likeness (QED) is 0.767. The molecule has 1 unspecified atom stereocenters. The highest BCUT2D eigenvalue weighted by Crippen LogP contribution is 2.04. The van der Waals surface area contributed by atoms with Gasteiger partial charge in [-0.2, -0.15) is 0 Å². The van der Waals surface area contributed by atoms with Gasteiger partial charge in [0.25, 0.3) is 0 Å². The zero-order chi connectivity index (χ0) is 10.7. The molecule has 0 aromatic carbocycles. The highest BCUT2D eigenvalue weighted by Gasteiger charge is 2.01. The molecule has 0 aliphatic carbocycles. The fourth-order valence-corrected chi connectivity index (χ4v) is 1.42. The van der Waals surface area contributed by atoms with Crippen LogP contribution in [0.5, 0.6) is 0 Å². The van der Waals surface area contributed by atoms with Crippen LogP contribution < -0.4 is 5.32 Å². The van der Waals surface area contributed by atoms with Crippen molar-refractivity contribution in [1.82, 2.24) is 14.7 Å². The third-order valence-corrected chi connectivity index (χ3v) is 2.37. The van der Waals surface area contributed by atoms with E-state index >= 15 is 0 Å². The number of pyridine rings is 1. The van der Waals surface area contributed by atoms with Crippen molar-refractivity contribution in [3.8, 4) is 0 Å². The Morgan fingerprint density at radius 3 is 3.20 bits per heavy atom. The average Bonchev–Trinajstić information content (AvgIpc) is 2.68. The third kappa shape index (κ3) is 2.25. The minimum atomic E-state index is 0.315. The van der Waals surface area contributed by atoms with Crippen LogP contribution in [0.2, 0.25) is 0 Å². The van der Waals surface area contributed by atoms with Crippen molar-refractivity contribution >= 4 is 5.65 Å². The van der Waals surface area contributed by atoms with Gasteiger partial charge in [0.15, 0.2) is 0 Å². The van der Waals surface area contributed by atoms with Crippen LogP contribution in [-0.2, 0) is 6.54 Å². The molecule has 0 aliphatic rings. The molecular weight excluding hydrogens is 186 g/mol. The van der Waals surface area contributed by atoms with E-state index in [0.717, 1.165) is 17.9 Å². The smallest absolute Gasteiger partial charge is 0.137 e. The van der Waals surface area contributed by atoms with Gasteiger partial charge in [-0.3, -0.25) is 0 Å². The third-order valence-electron chi connectivity index (χ3n) is 2.37. The molecule has 3 heteroatoms. The lowest BCUT2D eigenvalue weighted by Gasteiger charge is -2.05. The van der Waals surface area contributed by atoms with E-state index in [0.29, 0.717) is 6.04 Å². The predicted octanol–water partition coefficient (Wildman–Crippen LogP) is 2.00. The summed E-state index contributed by atoms with van der Waals surface area (Å²) in [4.78, 5) is 4.49. The van der Waals surface area contributed by atoms with Crippen LogP contribution in [-0.4, -0.2) is 15.4 Å². The van der Waals surface area contributed by atoms with Crippen LogP contribution in [0.25, 0.3) is 5.65 Å². The van der Waals surface area contributed by atoms with Gasteiger partial charge in [-0.1, -0.05) is 12.1 Å². The first-order valence-electron chi connectivity index (χ1n) is 5.08. The van der Waals surface area contributed by atoms with Gasteiger partial charge in [0, 0.05) is 25.0 Å². The number of fused-ring (bicyclic) bond motifs is 1. The topological polar surface area (TPSA) is 29.3 Å². The molecule has 2 aromatic rings. The molecular formula is C12H15N3. The van der Waals surface area contributed by atoms with Crippen molar-refractivity contribution in [3.63, 3.8) is 0 Å². The molecule has 0 saturated carbocycles. The summed E-state index contributed by atoms with van der Waals surface area (Å²) in [5.74, 6) is 0. The minimum absolute atomic E-state index is 0.315. The molecule has 78 valence electrons. The van der Waals surface area contributed by atoms with Crippen LogP contribution in [0.1, 0.15) is 12.6 Å². The van der Waals surface area contributed by atoms with E-state index in [1.165, 1.54) is 0 Å². The SMILES string of the molecule is C=CC(C)NCc1cn2ccccc2n1. The number of hydrogen-bond donors (Lipinski definition) is 1. The van der Waals surface area contributed by atoms with Crippen LogP contribution >= 0.6 is 0 Å². The predicted molar refractivity (Wildman–Crippen MR) is 61.7 cm³/mol. The molecule has 0 amide bonds. The summed E-state index contributed by atoms with van der Waals surface area (Å²) < 4.78 is 2.02. The van der Waals surface area contributed by atoms with Crippen molar-refractivity contribution in [2.75, 3.05) is 0 Å². The lowest BCUT2D eigenvalue weighted by molar-refractivity contribution is 0.626. The Kier molecular flexibility index (Phi) is 2.83. The first-order valence-corrected chi connectivity index (χ1v) is 5.08. The second kappa shape index (κ2) is 4.28. The van der Waals surface area contributed by atoms with E-state index in [1.54, 1.807) is 0 Å². The van der Waals surface area contributed by atoms with Gasteiger partial charge in [-0.15, -0.1) is 6.58 Å². The molecule has 0 radical (unpaired) electrons. The van der Waals surface area contributed by atoms with E-state index in [-0.39, 0.29) is 0 Å². The van der Waals surface area contributed by atoms with Crippen molar-refractivity contribution in [1.29, 1.82) is 0 Å². The summed E-state index contributed by atoms with van der Waals surface area (Å²) in [7, 11) is 0. The normalized spacial score (nSPS) is 12.9. The van der Waals surface area contributed by atoms with Crippen molar-refractivity contribution in [2.24, 2.45) is 0 Å². The standard InChI is InChI=1S/C12H15N3/c1-3-10(2)13-8-11-9-15-7-5-4-6-12(15)14-11/h3-7,9-10,13H,1,8H2,2H3. The molecule has 0 spiro atoms. The van der Waals surface area contributed by atoms with Gasteiger partial charge in [-0.05, 0) is 19.1 Å². The zero-order valence-corrected chi connectivity index (χ0v) is 8.85. The molecule has 1 N–H and O–H groups in total. The van der Waals surface area contributed by atoms with Crippen LogP contribution in [0, 0.1) is 0 Å². The maximum atomic E-state index is 4.49. The van der Waals surface area contributed by atoms with Crippen LogP contribution in [0.3, 0.4) is 0 Å². The zero-order valence-electron chi connectivity index (χ0n) is 8.85. The van der Waals surface area contributed by atoms with Crippen LogP contribution in [0.4, 0.5) is 0 Å². The van der Waals surface area contributed by atoms with E-state index < -0.39 is 0 Å². The van der Waals surface area contributed by atoms with E-state index in [9.17, 15) is 0 Å². The summed E-state index contributed by atoms with van der Waals surface area (Å²) in [6, 6.07) is 6.31. The maximum absolute atomic E-state index is 4.49. The van der Waals surface area contributed by atoms with Crippen molar-refractivity contribution in [2.45, 2.75) is 19.5 Å². The van der Waals surface area contributed by atoms with E-state index in [2.05, 4.69) is 23.8 Å². The first kappa shape index (κ1) is 9.93. The van der Waals surface area contributed by atoms with Crippen LogP contribution in [0.15, 0.2) is 43.2 Å². The molecule has 2 heterocycles. The largest absolute Gasteiger partial charge is 0.307 e. The van der Waals surface area contributed by atoms with Gasteiger partial charge in [0.1, 0.15) is 5.65 Å². The van der Waals surface area contributed by atoms with Gasteiger partial charge in [0.2, 0.25) is 0 Å². The fraction of sp³-hybridized carbons (Fsp3) is 0.250. The fourth-order valence-electron chi connectivity index (χ4n) is 1.42. The summed E-state index contributed by atoms with van der Waals surface area (Å²) in [6.07, 6.45) is 5.93. The average molecular weight is 201 g/mol. The van der Waals surface area contributed by atoms with E-state index in [4.69, 9.17) is 0 Å². The highest BCUT2D eigenvalue weighted by molar-refractivity contribution is 5.39. The second-order valence-electron chi connectivity index (χ2n) is 3.60. The molecule has 0 saturated heterocycles. The van der Waals surface area contributed by atoms with Gasteiger partial charge < -0.3 is 9.72 Å². The Bertz CT molecular complexity index is 426. The maximum Gasteiger partial charge on any atom is 0.137 e. The molecule has 0 aliphatic heterocycles. The first-order chi connectivity index (χ1) is 7.29. The number of nitrogens with zero attached hydrogens (tertiary/aromatic N) is 2. The molecule has 2 rings (SSSR count). The lowest BCUT2D eigenvalue weighted by atomic mass is 10.3. The Hall–Kier alpha value is -1.61. The van der Waals surface area contributed by atoms with Crippen molar-refractivity contribution < 1.29 is 0 Å². The molecule has 3 nitrogen and oxygen atoms in total. The summed E-state index contributed by atoms with van der Waals surface area (Å²) in [5.41, 5.74) is 2.04. The number of nitrogens with one attached hydrogen (secondary N) is 1.